The molecule has 0 amide bonds. The van der Waals surface area contributed by atoms with Crippen LogP contribution in [0.4, 0.5) is 0 Å². The number of nitrogens with zero attached hydrogens (tertiary/aromatic N) is 1. The Hall–Kier alpha value is -4.40. The number of fused-ring (bicyclic) bond motifs is 6. The molecule has 2 aliphatic heterocycles. The van der Waals surface area contributed by atoms with Crippen LogP contribution in [0.25, 0.3) is 16.8 Å². The van der Waals surface area contributed by atoms with E-state index >= 15 is 0 Å². The van der Waals surface area contributed by atoms with E-state index in [1.165, 1.54) is 59.9 Å². The average Bonchev–Trinajstić information content (AvgIpc) is 3.17. The van der Waals surface area contributed by atoms with Gasteiger partial charge in [-0.1, -0.05) is 153 Å². The molecule has 2 heteroatoms. The molecule has 0 fully saturated rings. The van der Waals surface area contributed by atoms with Crippen molar-refractivity contribution in [2.24, 2.45) is 4.99 Å². The summed E-state index contributed by atoms with van der Waals surface area (Å²) in [4.78, 5) is 8.00. The van der Waals surface area contributed by atoms with Crippen molar-refractivity contribution in [3.8, 4) is 0 Å². The Labute approximate surface area is 252 Å². The van der Waals surface area contributed by atoms with E-state index in [0.717, 1.165) is 17.8 Å². The Balaban J connectivity index is 1.38. The highest BCUT2D eigenvalue weighted by atomic mass is 32.2. The number of rotatable bonds is 3. The van der Waals surface area contributed by atoms with Crippen LogP contribution in [-0.2, 0) is 5.41 Å². The fraction of sp³-hybridized carbons (Fsp3) is 0.125. The Bertz CT molecular complexity index is 1940. The SMILES string of the molecule is CC1(C)C2=C(c3ccccc31)c1cccc(C3=CC(c4ccccc4)CC(c4ccccc4)=N3)c1Sc1ccccc12. The summed E-state index contributed by atoms with van der Waals surface area (Å²) in [7, 11) is 0. The molecule has 1 aliphatic carbocycles. The van der Waals surface area contributed by atoms with Crippen molar-refractivity contribution < 1.29 is 0 Å². The molecular formula is C40H31NS. The van der Waals surface area contributed by atoms with E-state index < -0.39 is 0 Å². The van der Waals surface area contributed by atoms with E-state index in [1.807, 2.05) is 11.8 Å². The third kappa shape index (κ3) is 3.97. The number of benzene rings is 5. The third-order valence-electron chi connectivity index (χ3n) is 9.04. The minimum atomic E-state index is -0.0959. The molecule has 2 heterocycles. The normalized spacial score (nSPS) is 18.2. The molecule has 0 saturated carbocycles. The van der Waals surface area contributed by atoms with Crippen molar-refractivity contribution in [2.75, 3.05) is 0 Å². The second-order valence-electron chi connectivity index (χ2n) is 11.9. The van der Waals surface area contributed by atoms with Gasteiger partial charge in [0.1, 0.15) is 0 Å². The molecule has 1 nitrogen and oxygen atoms in total. The summed E-state index contributed by atoms with van der Waals surface area (Å²) in [6.45, 7) is 4.77. The number of hydrogen-bond donors (Lipinski definition) is 0. The maximum atomic E-state index is 5.40. The molecule has 8 rings (SSSR count). The van der Waals surface area contributed by atoms with Gasteiger partial charge in [0.15, 0.2) is 0 Å². The lowest BCUT2D eigenvalue weighted by atomic mass is 9.78. The first-order chi connectivity index (χ1) is 20.6. The van der Waals surface area contributed by atoms with Crippen LogP contribution >= 0.6 is 11.8 Å². The summed E-state index contributed by atoms with van der Waals surface area (Å²) >= 11 is 1.90. The molecule has 0 radical (unpaired) electrons. The van der Waals surface area contributed by atoms with Gasteiger partial charge in [-0.2, -0.15) is 0 Å². The third-order valence-corrected chi connectivity index (χ3v) is 10.3. The van der Waals surface area contributed by atoms with Gasteiger partial charge in [-0.05, 0) is 50.6 Å². The van der Waals surface area contributed by atoms with Crippen molar-refractivity contribution in [3.05, 3.63) is 172 Å². The monoisotopic (exact) mass is 557 g/mol. The Morgan fingerprint density at radius 1 is 0.643 bits per heavy atom. The van der Waals surface area contributed by atoms with Gasteiger partial charge < -0.3 is 0 Å². The van der Waals surface area contributed by atoms with Gasteiger partial charge in [-0.3, -0.25) is 4.99 Å². The molecule has 0 aromatic heterocycles. The number of hydrogen-bond acceptors (Lipinski definition) is 2. The molecule has 1 unspecified atom stereocenters. The predicted molar refractivity (Wildman–Crippen MR) is 177 cm³/mol. The first-order valence-corrected chi connectivity index (χ1v) is 15.6. The van der Waals surface area contributed by atoms with Gasteiger partial charge in [-0.15, -0.1) is 0 Å². The lowest BCUT2D eigenvalue weighted by Crippen LogP contribution is -2.16. The van der Waals surface area contributed by atoms with Crippen LogP contribution in [-0.4, -0.2) is 5.71 Å². The summed E-state index contributed by atoms with van der Waals surface area (Å²) in [5.74, 6) is 0.258. The van der Waals surface area contributed by atoms with Gasteiger partial charge in [0.2, 0.25) is 0 Å². The minimum absolute atomic E-state index is 0.0959. The molecule has 0 saturated heterocycles. The Morgan fingerprint density at radius 2 is 1.29 bits per heavy atom. The van der Waals surface area contributed by atoms with Crippen LogP contribution in [0, 0.1) is 0 Å². The van der Waals surface area contributed by atoms with Crippen LogP contribution in [0.15, 0.2) is 148 Å². The molecule has 202 valence electrons. The molecule has 5 aromatic rings. The van der Waals surface area contributed by atoms with Gasteiger partial charge in [-0.25, -0.2) is 0 Å². The molecule has 1 atom stereocenters. The lowest BCUT2D eigenvalue weighted by molar-refractivity contribution is 0.702. The first-order valence-electron chi connectivity index (χ1n) is 14.7. The molecule has 0 spiro atoms. The Kier molecular flexibility index (Phi) is 5.94. The molecule has 5 aromatic carbocycles. The highest BCUT2D eigenvalue weighted by Crippen LogP contribution is 2.59. The Morgan fingerprint density at radius 3 is 2.10 bits per heavy atom. The molecule has 0 bridgehead atoms. The average molecular weight is 558 g/mol. The highest BCUT2D eigenvalue weighted by molar-refractivity contribution is 7.99. The topological polar surface area (TPSA) is 12.4 Å². The van der Waals surface area contributed by atoms with Crippen molar-refractivity contribution >= 4 is 34.3 Å². The van der Waals surface area contributed by atoms with E-state index in [9.17, 15) is 0 Å². The van der Waals surface area contributed by atoms with Crippen molar-refractivity contribution in [2.45, 2.75) is 41.4 Å². The van der Waals surface area contributed by atoms with Crippen LogP contribution in [0.2, 0.25) is 0 Å². The summed E-state index contributed by atoms with van der Waals surface area (Å²) in [6.07, 6.45) is 3.29. The van der Waals surface area contributed by atoms with E-state index in [1.54, 1.807) is 0 Å². The molecule has 42 heavy (non-hydrogen) atoms. The zero-order valence-corrected chi connectivity index (χ0v) is 24.7. The number of aliphatic imine (C=N–C) groups is 1. The number of allylic oxidation sites excluding steroid dienone is 2. The molecule has 0 N–H and O–H groups in total. The van der Waals surface area contributed by atoms with E-state index in [0.29, 0.717) is 0 Å². The maximum absolute atomic E-state index is 5.40. The lowest BCUT2D eigenvalue weighted by Gasteiger charge is -2.26. The van der Waals surface area contributed by atoms with Crippen molar-refractivity contribution in [1.82, 2.24) is 0 Å². The molecular weight excluding hydrogens is 527 g/mol. The van der Waals surface area contributed by atoms with Crippen molar-refractivity contribution in [3.63, 3.8) is 0 Å². The van der Waals surface area contributed by atoms with Crippen LogP contribution in [0.3, 0.4) is 0 Å². The summed E-state index contributed by atoms with van der Waals surface area (Å²) in [6, 6.07) is 46.3. The second-order valence-corrected chi connectivity index (χ2v) is 13.0. The van der Waals surface area contributed by atoms with E-state index in [4.69, 9.17) is 4.99 Å². The van der Waals surface area contributed by atoms with Crippen molar-refractivity contribution in [1.29, 1.82) is 0 Å². The maximum Gasteiger partial charge on any atom is 0.0683 e. The minimum Gasteiger partial charge on any atom is -0.252 e. The van der Waals surface area contributed by atoms with Gasteiger partial charge in [0, 0.05) is 38.8 Å². The molecule has 3 aliphatic rings. The highest BCUT2D eigenvalue weighted by Gasteiger charge is 2.41. The largest absolute Gasteiger partial charge is 0.252 e. The predicted octanol–water partition coefficient (Wildman–Crippen LogP) is 10.4. The summed E-state index contributed by atoms with van der Waals surface area (Å²) in [5, 5.41) is 0. The van der Waals surface area contributed by atoms with Crippen LogP contribution < -0.4 is 0 Å². The second kappa shape index (κ2) is 9.86. The van der Waals surface area contributed by atoms with Gasteiger partial charge in [0.05, 0.1) is 5.70 Å². The van der Waals surface area contributed by atoms with Crippen LogP contribution in [0.1, 0.15) is 65.1 Å². The first kappa shape index (κ1) is 25.3. The zero-order valence-electron chi connectivity index (χ0n) is 23.8. The summed E-state index contributed by atoms with van der Waals surface area (Å²) in [5.41, 5.74) is 14.0. The smallest absolute Gasteiger partial charge is 0.0683 e. The van der Waals surface area contributed by atoms with Gasteiger partial charge in [0.25, 0.3) is 0 Å². The fourth-order valence-corrected chi connectivity index (χ4v) is 8.27. The van der Waals surface area contributed by atoms with E-state index in [2.05, 4.69) is 147 Å². The van der Waals surface area contributed by atoms with E-state index in [-0.39, 0.29) is 11.3 Å². The van der Waals surface area contributed by atoms with Crippen LogP contribution in [0.5, 0.6) is 0 Å². The zero-order chi connectivity index (χ0) is 28.3. The fourth-order valence-electron chi connectivity index (χ4n) is 7.06. The van der Waals surface area contributed by atoms with Gasteiger partial charge >= 0.3 is 0 Å². The summed E-state index contributed by atoms with van der Waals surface area (Å²) < 4.78 is 0. The quantitative estimate of drug-likeness (QED) is 0.215. The standard InChI is InChI=1S/C40H31NS/c1-40(2)33-22-11-9-18-29(33)37-32-21-13-20-30(39(32)42-36-23-12-10-19-31(36)38(37)40)35-25-28(26-14-5-3-6-15-26)24-34(41-35)27-16-7-4-8-17-27/h3-23,25,28H,24H2,1-2H3.